The van der Waals surface area contributed by atoms with E-state index in [1.165, 1.54) is 83.5 Å². The molecule has 1 atom stereocenters. The van der Waals surface area contributed by atoms with Gasteiger partial charge in [-0.25, -0.2) is 9.59 Å². The lowest BCUT2D eigenvalue weighted by molar-refractivity contribution is 0.0446. The Morgan fingerprint density at radius 3 is 2.02 bits per heavy atom. The minimum Gasteiger partial charge on any atom is -0.493 e. The fraction of sp³-hybridized carbons (Fsp3) is 0.421. The molecule has 0 fully saturated rings. The molecule has 0 amide bonds. The van der Waals surface area contributed by atoms with Gasteiger partial charge in [-0.1, -0.05) is 90.3 Å². The lowest BCUT2D eigenvalue weighted by Crippen LogP contribution is -2.12. The average molecular weight is 645 g/mol. The molecule has 0 bridgehead atoms. The van der Waals surface area contributed by atoms with E-state index in [1.807, 2.05) is 36.5 Å². The minimum absolute atomic E-state index is 0.252. The summed E-state index contributed by atoms with van der Waals surface area (Å²) in [5.74, 6) is -0.0702. The van der Waals surface area contributed by atoms with Crippen molar-refractivity contribution in [1.82, 2.24) is 0 Å². The molecular formula is C38H44O5S2. The maximum absolute atomic E-state index is 13.2. The van der Waals surface area contributed by atoms with Crippen molar-refractivity contribution >= 4 is 64.2 Å². The third-order valence-corrected chi connectivity index (χ3v) is 11.0. The van der Waals surface area contributed by atoms with Crippen LogP contribution < -0.4 is 9.47 Å². The SMILES string of the molecule is CCCCCCCCCCc1ccc2c(c1)sc1c3ccc(C(=O)Oc4ccc(C(=O)OC[C@@H](C)CC)cc4OC)cc3sc21. The standard InChI is InChI=1S/C38H44O5S2/c1-5-7-8-9-10-11-12-13-14-26-15-18-29-33(21-26)44-36-30-19-16-28(23-34(30)45-35(29)36)38(40)43-31-20-17-27(22-32(31)41-4)37(39)42-24-25(3)6-2/h15-23,25H,5-14,24H2,1-4H3/t25-/m0/s1. The molecule has 45 heavy (non-hydrogen) atoms. The number of carbonyl (C=O) groups is 2. The first kappa shape index (κ1) is 33.0. The molecule has 7 heteroatoms. The van der Waals surface area contributed by atoms with E-state index < -0.39 is 11.9 Å². The van der Waals surface area contributed by atoms with Gasteiger partial charge in [-0.2, -0.15) is 0 Å². The van der Waals surface area contributed by atoms with E-state index in [2.05, 4.69) is 32.0 Å². The predicted octanol–water partition coefficient (Wildman–Crippen LogP) is 11.4. The molecular weight excluding hydrogens is 601 g/mol. The number of hydrogen-bond donors (Lipinski definition) is 0. The molecule has 0 saturated carbocycles. The normalized spacial score (nSPS) is 12.2. The maximum Gasteiger partial charge on any atom is 0.343 e. The van der Waals surface area contributed by atoms with Gasteiger partial charge < -0.3 is 14.2 Å². The Hall–Kier alpha value is -3.42. The first-order chi connectivity index (χ1) is 21.9. The Morgan fingerprint density at radius 1 is 0.711 bits per heavy atom. The zero-order valence-electron chi connectivity index (χ0n) is 26.9. The molecule has 0 unspecified atom stereocenters. The van der Waals surface area contributed by atoms with Crippen LogP contribution in [0, 0.1) is 5.92 Å². The monoisotopic (exact) mass is 644 g/mol. The summed E-state index contributed by atoms with van der Waals surface area (Å²) in [6, 6.07) is 17.4. The molecule has 0 spiro atoms. The first-order valence-electron chi connectivity index (χ1n) is 16.4. The number of carbonyl (C=O) groups excluding carboxylic acids is 2. The van der Waals surface area contributed by atoms with Crippen molar-refractivity contribution in [2.24, 2.45) is 5.92 Å². The van der Waals surface area contributed by atoms with Gasteiger partial charge in [0.15, 0.2) is 11.5 Å². The number of unbranched alkanes of at least 4 members (excludes halogenated alkanes) is 7. The van der Waals surface area contributed by atoms with Crippen LogP contribution in [0.3, 0.4) is 0 Å². The van der Waals surface area contributed by atoms with E-state index in [4.69, 9.17) is 14.2 Å². The van der Waals surface area contributed by atoms with Crippen LogP contribution in [0.4, 0.5) is 0 Å². The summed E-state index contributed by atoms with van der Waals surface area (Å²) >= 11 is 3.56. The van der Waals surface area contributed by atoms with Gasteiger partial charge >= 0.3 is 11.9 Å². The summed E-state index contributed by atoms with van der Waals surface area (Å²) in [6.07, 6.45) is 12.8. The van der Waals surface area contributed by atoms with Crippen molar-refractivity contribution in [2.75, 3.05) is 13.7 Å². The lowest BCUT2D eigenvalue weighted by Gasteiger charge is -2.12. The fourth-order valence-electron chi connectivity index (χ4n) is 5.50. The highest BCUT2D eigenvalue weighted by Crippen LogP contribution is 2.44. The van der Waals surface area contributed by atoms with Crippen LogP contribution >= 0.6 is 22.7 Å². The summed E-state index contributed by atoms with van der Waals surface area (Å²) in [5, 5.41) is 2.45. The van der Waals surface area contributed by atoms with Gasteiger partial charge in [-0.05, 0) is 60.7 Å². The zero-order valence-corrected chi connectivity index (χ0v) is 28.5. The number of ether oxygens (including phenoxy) is 3. The van der Waals surface area contributed by atoms with E-state index in [-0.39, 0.29) is 11.7 Å². The third kappa shape index (κ3) is 8.06. The maximum atomic E-state index is 13.2. The zero-order chi connectivity index (χ0) is 31.8. The predicted molar refractivity (Wildman–Crippen MR) is 189 cm³/mol. The number of methoxy groups -OCH3 is 1. The highest BCUT2D eigenvalue weighted by molar-refractivity contribution is 7.36. The molecule has 0 aliphatic heterocycles. The highest BCUT2D eigenvalue weighted by atomic mass is 32.1. The van der Waals surface area contributed by atoms with Crippen LogP contribution in [0.5, 0.6) is 11.5 Å². The Bertz CT molecular complexity index is 1760. The number of rotatable bonds is 16. The van der Waals surface area contributed by atoms with Crippen LogP contribution in [0.2, 0.25) is 0 Å². The van der Waals surface area contributed by atoms with E-state index in [9.17, 15) is 9.59 Å². The van der Waals surface area contributed by atoms with Gasteiger partial charge in [-0.3, -0.25) is 0 Å². The van der Waals surface area contributed by atoms with E-state index >= 15 is 0 Å². The molecule has 5 nitrogen and oxygen atoms in total. The quantitative estimate of drug-likeness (QED) is 0.0607. The van der Waals surface area contributed by atoms with E-state index in [0.717, 1.165) is 22.9 Å². The van der Waals surface area contributed by atoms with Crippen LogP contribution in [-0.2, 0) is 11.2 Å². The molecule has 0 radical (unpaired) electrons. The van der Waals surface area contributed by atoms with E-state index in [0.29, 0.717) is 23.5 Å². The molecule has 0 aliphatic rings. The van der Waals surface area contributed by atoms with Crippen molar-refractivity contribution in [3.63, 3.8) is 0 Å². The molecule has 0 aliphatic carbocycles. The highest BCUT2D eigenvalue weighted by Gasteiger charge is 2.19. The van der Waals surface area contributed by atoms with Gasteiger partial charge in [0, 0.05) is 20.2 Å². The molecule has 5 rings (SSSR count). The molecule has 3 aromatic carbocycles. The third-order valence-electron chi connectivity index (χ3n) is 8.50. The molecule has 2 aromatic heterocycles. The summed E-state index contributed by atoms with van der Waals surface area (Å²) in [7, 11) is 1.48. The number of esters is 2. The summed E-state index contributed by atoms with van der Waals surface area (Å²) < 4.78 is 21.5. The number of fused-ring (bicyclic) bond motifs is 5. The smallest absolute Gasteiger partial charge is 0.343 e. The largest absolute Gasteiger partial charge is 0.493 e. The van der Waals surface area contributed by atoms with Crippen molar-refractivity contribution < 1.29 is 23.8 Å². The van der Waals surface area contributed by atoms with Crippen LogP contribution in [0.15, 0.2) is 54.6 Å². The van der Waals surface area contributed by atoms with Gasteiger partial charge in [0.1, 0.15) is 0 Å². The number of hydrogen-bond acceptors (Lipinski definition) is 7. The Balaban J connectivity index is 1.24. The Morgan fingerprint density at radius 2 is 1.33 bits per heavy atom. The lowest BCUT2D eigenvalue weighted by atomic mass is 10.0. The Labute approximate surface area is 274 Å². The first-order valence-corrected chi connectivity index (χ1v) is 18.0. The molecule has 0 N–H and O–H groups in total. The summed E-state index contributed by atoms with van der Waals surface area (Å²) in [4.78, 5) is 25.7. The number of thiophene rings is 2. The molecule has 238 valence electrons. The van der Waals surface area contributed by atoms with Crippen LogP contribution in [0.1, 0.15) is 105 Å². The molecule has 0 saturated heterocycles. The Kier molecular flexibility index (Phi) is 11.5. The second kappa shape index (κ2) is 15.7. The van der Waals surface area contributed by atoms with Crippen molar-refractivity contribution in [3.05, 3.63) is 71.3 Å². The van der Waals surface area contributed by atoms with Crippen LogP contribution in [0.25, 0.3) is 29.6 Å². The second-order valence-electron chi connectivity index (χ2n) is 12.0. The topological polar surface area (TPSA) is 61.8 Å². The van der Waals surface area contributed by atoms with Gasteiger partial charge in [0.25, 0.3) is 0 Å². The minimum atomic E-state index is -0.477. The summed E-state index contributed by atoms with van der Waals surface area (Å²) in [6.45, 7) is 6.71. The van der Waals surface area contributed by atoms with E-state index in [1.54, 1.807) is 29.5 Å². The second-order valence-corrected chi connectivity index (χ2v) is 14.1. The number of aryl methyl sites for hydroxylation is 1. The van der Waals surface area contributed by atoms with Crippen molar-refractivity contribution in [2.45, 2.75) is 85.0 Å². The van der Waals surface area contributed by atoms with Gasteiger partial charge in [0.2, 0.25) is 0 Å². The van der Waals surface area contributed by atoms with Gasteiger partial charge in [-0.15, -0.1) is 22.7 Å². The number of benzene rings is 3. The van der Waals surface area contributed by atoms with Gasteiger partial charge in [0.05, 0.1) is 34.2 Å². The molecule has 5 aromatic rings. The molecule has 2 heterocycles. The van der Waals surface area contributed by atoms with Crippen molar-refractivity contribution in [1.29, 1.82) is 0 Å². The summed E-state index contributed by atoms with van der Waals surface area (Å²) in [5.41, 5.74) is 2.23. The average Bonchev–Trinajstić information content (AvgIpc) is 3.59. The van der Waals surface area contributed by atoms with Crippen molar-refractivity contribution in [3.8, 4) is 11.5 Å². The fourth-order valence-corrected chi connectivity index (χ4v) is 8.26. The van der Waals surface area contributed by atoms with Crippen LogP contribution in [-0.4, -0.2) is 25.7 Å².